The Balaban J connectivity index is 1.01. The molecule has 5 aromatic heterocycles. The summed E-state index contributed by atoms with van der Waals surface area (Å²) in [6, 6.07) is 13.3. The van der Waals surface area contributed by atoms with E-state index in [2.05, 4.69) is 60.2 Å². The lowest BCUT2D eigenvalue weighted by Crippen LogP contribution is -2.69. The average molecular weight is 551 g/mol. The van der Waals surface area contributed by atoms with E-state index in [9.17, 15) is 4.39 Å². The van der Waals surface area contributed by atoms with Crippen molar-refractivity contribution in [3.8, 4) is 17.2 Å². The van der Waals surface area contributed by atoms with E-state index in [0.29, 0.717) is 30.1 Å². The molecule has 0 amide bonds. The van der Waals surface area contributed by atoms with E-state index in [1.165, 1.54) is 23.5 Å². The van der Waals surface area contributed by atoms with Crippen molar-refractivity contribution in [2.45, 2.75) is 51.7 Å². The average Bonchev–Trinajstić information content (AvgIpc) is 3.60. The Morgan fingerprint density at radius 3 is 2.41 bits per heavy atom. The highest BCUT2D eigenvalue weighted by Gasteiger charge is 2.47. The molecule has 0 radical (unpaired) electrons. The molecule has 208 valence electrons. The third-order valence-corrected chi connectivity index (χ3v) is 8.09. The number of pyridine rings is 2. The minimum absolute atomic E-state index is 0.241. The van der Waals surface area contributed by atoms with Crippen LogP contribution in [0.15, 0.2) is 61.2 Å². The smallest absolute Gasteiger partial charge is 0.161 e. The van der Waals surface area contributed by atoms with Crippen molar-refractivity contribution >= 4 is 5.82 Å². The van der Waals surface area contributed by atoms with Crippen LogP contribution in [0.5, 0.6) is 0 Å². The van der Waals surface area contributed by atoms with Crippen LogP contribution in [0, 0.1) is 19.7 Å². The summed E-state index contributed by atoms with van der Waals surface area (Å²) < 4.78 is 14.8. The largest absolute Gasteiger partial charge is 0.353 e. The van der Waals surface area contributed by atoms with Crippen molar-refractivity contribution in [1.29, 1.82) is 0 Å². The Morgan fingerprint density at radius 2 is 1.76 bits per heavy atom. The number of aryl methyl sites for hydroxylation is 2. The number of H-pyrrole nitrogens is 1. The van der Waals surface area contributed by atoms with Crippen LogP contribution < -0.4 is 4.90 Å². The molecule has 3 aliphatic heterocycles. The predicted octanol–water partition coefficient (Wildman–Crippen LogP) is 4.21. The molecule has 3 unspecified atom stereocenters. The van der Waals surface area contributed by atoms with Crippen LogP contribution in [-0.4, -0.2) is 70.0 Å². The van der Waals surface area contributed by atoms with E-state index in [4.69, 9.17) is 9.97 Å². The molecule has 3 aliphatic rings. The number of piperazine rings is 1. The van der Waals surface area contributed by atoms with Gasteiger partial charge in [-0.1, -0.05) is 6.07 Å². The van der Waals surface area contributed by atoms with Crippen LogP contribution in [-0.2, 0) is 6.42 Å². The highest BCUT2D eigenvalue weighted by atomic mass is 19.1. The van der Waals surface area contributed by atoms with Crippen LogP contribution in [0.2, 0.25) is 0 Å². The minimum atomic E-state index is -0.375. The number of rotatable bonds is 7. The summed E-state index contributed by atoms with van der Waals surface area (Å²) in [5, 5.41) is 11.3. The molecule has 41 heavy (non-hydrogen) atoms. The second-order valence-electron chi connectivity index (χ2n) is 11.1. The zero-order valence-electron chi connectivity index (χ0n) is 23.2. The molecule has 11 heteroatoms. The van der Waals surface area contributed by atoms with Crippen molar-refractivity contribution in [2.24, 2.45) is 0 Å². The van der Waals surface area contributed by atoms with Crippen LogP contribution in [0.1, 0.15) is 47.7 Å². The summed E-state index contributed by atoms with van der Waals surface area (Å²) in [6.07, 6.45) is 8.11. The zero-order chi connectivity index (χ0) is 28.1. The SMILES string of the molecule is Cc1cc(Cc2cc(C)[nH]n2)nc(-c2ccc(N3CC4CC(C3)N4C(C)c3ccc(-n4cc(F)cn4)nc3)nc2)n1. The van der Waals surface area contributed by atoms with Gasteiger partial charge in [0.25, 0.3) is 0 Å². The normalized spacial score (nSPS) is 19.3. The Kier molecular flexibility index (Phi) is 6.30. The van der Waals surface area contributed by atoms with E-state index in [1.807, 2.05) is 44.4 Å². The number of aromatic amines is 1. The molecule has 3 fully saturated rings. The maximum absolute atomic E-state index is 13.3. The summed E-state index contributed by atoms with van der Waals surface area (Å²) in [5.74, 6) is 1.90. The van der Waals surface area contributed by atoms with Gasteiger partial charge in [-0.3, -0.25) is 10.00 Å². The van der Waals surface area contributed by atoms with Crippen molar-refractivity contribution < 1.29 is 4.39 Å². The van der Waals surface area contributed by atoms with E-state index in [1.54, 1.807) is 0 Å². The molecule has 0 saturated carbocycles. The number of piperidine rings is 1. The molecule has 3 saturated heterocycles. The summed E-state index contributed by atoms with van der Waals surface area (Å²) in [4.78, 5) is 23.8. The van der Waals surface area contributed by atoms with Crippen molar-refractivity contribution in [3.63, 3.8) is 0 Å². The molecule has 1 N–H and O–H groups in total. The second kappa shape index (κ2) is 10.2. The van der Waals surface area contributed by atoms with Gasteiger partial charge in [0.2, 0.25) is 0 Å². The number of aromatic nitrogens is 8. The fourth-order valence-corrected chi connectivity index (χ4v) is 6.15. The second-order valence-corrected chi connectivity index (χ2v) is 11.1. The predicted molar refractivity (Wildman–Crippen MR) is 152 cm³/mol. The third kappa shape index (κ3) is 4.97. The van der Waals surface area contributed by atoms with Crippen LogP contribution >= 0.6 is 0 Å². The number of anilines is 1. The molecule has 3 atom stereocenters. The molecule has 8 rings (SSSR count). The highest BCUT2D eigenvalue weighted by molar-refractivity contribution is 5.57. The van der Waals surface area contributed by atoms with Gasteiger partial charge in [0.15, 0.2) is 17.5 Å². The van der Waals surface area contributed by atoms with Gasteiger partial charge in [-0.25, -0.2) is 29.0 Å². The first-order valence-electron chi connectivity index (χ1n) is 13.9. The van der Waals surface area contributed by atoms with E-state index in [-0.39, 0.29) is 11.9 Å². The monoisotopic (exact) mass is 550 g/mol. The van der Waals surface area contributed by atoms with E-state index >= 15 is 0 Å². The Hall–Kier alpha value is -4.51. The molecule has 0 aliphatic carbocycles. The third-order valence-electron chi connectivity index (χ3n) is 8.09. The van der Waals surface area contributed by atoms with Gasteiger partial charge in [0, 0.05) is 67.0 Å². The van der Waals surface area contributed by atoms with Gasteiger partial charge in [-0.05, 0) is 63.1 Å². The highest BCUT2D eigenvalue weighted by Crippen LogP contribution is 2.40. The van der Waals surface area contributed by atoms with Gasteiger partial charge >= 0.3 is 0 Å². The maximum atomic E-state index is 13.3. The van der Waals surface area contributed by atoms with Gasteiger partial charge in [-0.2, -0.15) is 10.2 Å². The topological polar surface area (TPSA) is 105 Å². The standard InChI is InChI=1S/C30H31FN10/c1-18-8-24(10-25-9-19(2)37-38-25)36-30(35-18)22-5-6-28(32-13-22)39-16-26-11-27(17-39)41(26)20(3)21-4-7-29(33-12-21)40-15-23(31)14-34-40/h4-9,12-15,20,26-27H,10-11,16-17H2,1-3H3,(H,37,38). The van der Waals surface area contributed by atoms with Crippen molar-refractivity contribution in [1.82, 2.24) is 44.8 Å². The summed E-state index contributed by atoms with van der Waals surface area (Å²) >= 11 is 0. The fourth-order valence-electron chi connectivity index (χ4n) is 6.15. The molecule has 0 spiro atoms. The first-order chi connectivity index (χ1) is 19.9. The van der Waals surface area contributed by atoms with Crippen LogP contribution in [0.25, 0.3) is 17.2 Å². The molecule has 0 aromatic carbocycles. The van der Waals surface area contributed by atoms with Gasteiger partial charge in [0.1, 0.15) is 5.82 Å². The Morgan fingerprint density at radius 1 is 0.951 bits per heavy atom. The number of hydrogen-bond donors (Lipinski definition) is 1. The number of fused-ring (bicyclic) bond motifs is 2. The van der Waals surface area contributed by atoms with Gasteiger partial charge < -0.3 is 4.90 Å². The molecular weight excluding hydrogens is 519 g/mol. The molecule has 2 bridgehead atoms. The first-order valence-corrected chi connectivity index (χ1v) is 13.9. The molecule has 5 aromatic rings. The number of hydrogen-bond acceptors (Lipinski definition) is 8. The van der Waals surface area contributed by atoms with Crippen molar-refractivity contribution in [2.75, 3.05) is 18.0 Å². The number of halogens is 1. The Bertz CT molecular complexity index is 1660. The summed E-state index contributed by atoms with van der Waals surface area (Å²) in [5.41, 5.74) is 5.91. The lowest BCUT2D eigenvalue weighted by molar-refractivity contribution is -0.0344. The molecule has 8 heterocycles. The maximum Gasteiger partial charge on any atom is 0.161 e. The van der Waals surface area contributed by atoms with E-state index < -0.39 is 0 Å². The van der Waals surface area contributed by atoms with Crippen LogP contribution in [0.4, 0.5) is 10.2 Å². The lowest BCUT2D eigenvalue weighted by atomic mass is 9.84. The van der Waals surface area contributed by atoms with E-state index in [0.717, 1.165) is 52.8 Å². The van der Waals surface area contributed by atoms with Gasteiger partial charge in [-0.15, -0.1) is 0 Å². The quantitative estimate of drug-likeness (QED) is 0.321. The minimum Gasteiger partial charge on any atom is -0.353 e. The van der Waals surface area contributed by atoms with Crippen molar-refractivity contribution in [3.05, 3.63) is 95.3 Å². The van der Waals surface area contributed by atoms with Crippen LogP contribution in [0.3, 0.4) is 0 Å². The number of nitrogens with one attached hydrogen (secondary N) is 1. The number of nitrogens with zero attached hydrogens (tertiary/aromatic N) is 9. The zero-order valence-corrected chi connectivity index (χ0v) is 23.2. The lowest BCUT2D eigenvalue weighted by Gasteiger charge is -2.59. The first kappa shape index (κ1) is 25.5. The Labute approximate surface area is 237 Å². The molecular formula is C30H31FN10. The molecule has 10 nitrogen and oxygen atoms in total. The van der Waals surface area contributed by atoms with Gasteiger partial charge in [0.05, 0.1) is 23.8 Å². The summed E-state index contributed by atoms with van der Waals surface area (Å²) in [7, 11) is 0. The summed E-state index contributed by atoms with van der Waals surface area (Å²) in [6.45, 7) is 8.08. The fraction of sp³-hybridized carbons (Fsp3) is 0.333.